The van der Waals surface area contributed by atoms with Crippen LogP contribution in [0.5, 0.6) is 0 Å². The number of hydrogen-bond donors (Lipinski definition) is 1. The molecule has 140 valence electrons. The highest BCUT2D eigenvalue weighted by atomic mass is 16.2. The number of piperazine rings is 1. The van der Waals surface area contributed by atoms with E-state index >= 15 is 0 Å². The first-order chi connectivity index (χ1) is 12.7. The molecule has 1 fully saturated rings. The van der Waals surface area contributed by atoms with Gasteiger partial charge in [-0.1, -0.05) is 19.4 Å². The van der Waals surface area contributed by atoms with Crippen LogP contribution in [0, 0.1) is 0 Å². The number of carbonyl (C=O) groups is 1. The molecule has 1 aliphatic rings. The van der Waals surface area contributed by atoms with Crippen molar-refractivity contribution in [3.63, 3.8) is 0 Å². The summed E-state index contributed by atoms with van der Waals surface area (Å²) in [7, 11) is 2.14. The predicted octanol–water partition coefficient (Wildman–Crippen LogP) is 2.29. The molecule has 2 aromatic rings. The molecule has 1 N–H and O–H groups in total. The average Bonchev–Trinajstić information content (AvgIpc) is 3.19. The molecule has 0 aromatic carbocycles. The Kier molecular flexibility index (Phi) is 6.28. The van der Waals surface area contributed by atoms with Gasteiger partial charge in [0, 0.05) is 56.9 Å². The molecule has 0 saturated carbocycles. The van der Waals surface area contributed by atoms with Gasteiger partial charge in [0.15, 0.2) is 0 Å². The van der Waals surface area contributed by atoms with E-state index in [1.54, 1.807) is 0 Å². The summed E-state index contributed by atoms with van der Waals surface area (Å²) in [5, 5.41) is 3.12. The van der Waals surface area contributed by atoms with Gasteiger partial charge in [-0.2, -0.15) is 0 Å². The summed E-state index contributed by atoms with van der Waals surface area (Å²) in [6, 6.07) is 7.77. The molecule has 26 heavy (non-hydrogen) atoms. The maximum Gasteiger partial charge on any atom is 0.243 e. The van der Waals surface area contributed by atoms with Gasteiger partial charge in [-0.05, 0) is 31.7 Å². The molecule has 1 atom stereocenters. The lowest BCUT2D eigenvalue weighted by molar-refractivity contribution is -0.124. The van der Waals surface area contributed by atoms with E-state index in [0.717, 1.165) is 50.4 Å². The highest BCUT2D eigenvalue weighted by molar-refractivity contribution is 5.80. The number of carbonyl (C=O) groups excluding carboxylic acids is 1. The summed E-state index contributed by atoms with van der Waals surface area (Å²) < 4.78 is 1.99. The van der Waals surface area contributed by atoms with Crippen LogP contribution in [0.2, 0.25) is 0 Å². The fourth-order valence-corrected chi connectivity index (χ4v) is 3.42. The van der Waals surface area contributed by atoms with E-state index in [0.29, 0.717) is 6.54 Å². The molecule has 1 amide bonds. The van der Waals surface area contributed by atoms with E-state index < -0.39 is 0 Å². The monoisotopic (exact) mass is 355 g/mol. The summed E-state index contributed by atoms with van der Waals surface area (Å²) in [5.74, 6) is 1.06. The fourth-order valence-electron chi connectivity index (χ4n) is 3.42. The third kappa shape index (κ3) is 4.43. The third-order valence-corrected chi connectivity index (χ3v) is 4.98. The number of nitrogens with zero attached hydrogens (tertiary/aromatic N) is 4. The zero-order chi connectivity index (χ0) is 18.4. The van der Waals surface area contributed by atoms with Crippen molar-refractivity contribution in [1.82, 2.24) is 19.8 Å². The van der Waals surface area contributed by atoms with Gasteiger partial charge in [0.05, 0.1) is 0 Å². The van der Waals surface area contributed by atoms with Gasteiger partial charge in [-0.3, -0.25) is 4.79 Å². The van der Waals surface area contributed by atoms with Gasteiger partial charge in [0.2, 0.25) is 5.91 Å². The molecule has 6 nitrogen and oxygen atoms in total. The number of anilines is 1. The number of aromatic nitrogens is 2. The summed E-state index contributed by atoms with van der Waals surface area (Å²) in [5.41, 5.74) is 1.08. The Morgan fingerprint density at radius 3 is 2.62 bits per heavy atom. The summed E-state index contributed by atoms with van der Waals surface area (Å²) in [6.45, 7) is 6.63. The normalized spacial score (nSPS) is 16.5. The molecule has 3 heterocycles. The molecule has 0 aliphatic carbocycles. The Morgan fingerprint density at radius 1 is 1.19 bits per heavy atom. The highest BCUT2D eigenvalue weighted by Crippen LogP contribution is 2.20. The van der Waals surface area contributed by atoms with Crippen LogP contribution in [0.3, 0.4) is 0 Å². The second-order valence-corrected chi connectivity index (χ2v) is 6.93. The van der Waals surface area contributed by atoms with Crippen molar-refractivity contribution in [3.8, 4) is 0 Å². The zero-order valence-corrected chi connectivity index (χ0v) is 15.8. The van der Waals surface area contributed by atoms with E-state index in [1.165, 1.54) is 0 Å². The number of likely N-dealkylation sites (N-methyl/N-ethyl adjacent to an activating group) is 1. The molecule has 3 rings (SSSR count). The van der Waals surface area contributed by atoms with E-state index in [2.05, 4.69) is 40.1 Å². The van der Waals surface area contributed by atoms with E-state index in [9.17, 15) is 4.79 Å². The Labute approximate surface area is 155 Å². The molecular formula is C20H29N5O. The molecule has 1 saturated heterocycles. The number of pyridine rings is 1. The van der Waals surface area contributed by atoms with Gasteiger partial charge in [-0.15, -0.1) is 0 Å². The predicted molar refractivity (Wildman–Crippen MR) is 104 cm³/mol. The fraction of sp³-hybridized carbons (Fsp3) is 0.500. The number of rotatable bonds is 7. The molecular weight excluding hydrogens is 326 g/mol. The maximum atomic E-state index is 12.8. The lowest BCUT2D eigenvalue weighted by Crippen LogP contribution is -2.45. The Hall–Kier alpha value is -2.34. The first-order valence-electron chi connectivity index (χ1n) is 9.46. The summed E-state index contributed by atoms with van der Waals surface area (Å²) in [4.78, 5) is 22.0. The second kappa shape index (κ2) is 8.85. The minimum Gasteiger partial charge on any atom is -0.354 e. The first kappa shape index (κ1) is 18.5. The van der Waals surface area contributed by atoms with Gasteiger partial charge in [0.1, 0.15) is 11.9 Å². The van der Waals surface area contributed by atoms with Crippen molar-refractivity contribution < 1.29 is 4.79 Å². The van der Waals surface area contributed by atoms with E-state index in [4.69, 9.17) is 0 Å². The van der Waals surface area contributed by atoms with Gasteiger partial charge in [-0.25, -0.2) is 4.98 Å². The minimum atomic E-state index is -0.154. The second-order valence-electron chi connectivity index (χ2n) is 6.93. The number of hydrogen-bond acceptors (Lipinski definition) is 4. The molecule has 0 spiro atoms. The van der Waals surface area contributed by atoms with Crippen LogP contribution in [-0.2, 0) is 11.3 Å². The quantitative estimate of drug-likeness (QED) is 0.828. The third-order valence-electron chi connectivity index (χ3n) is 4.98. The summed E-state index contributed by atoms with van der Waals surface area (Å²) in [6.07, 6.45) is 7.55. The zero-order valence-electron chi connectivity index (χ0n) is 15.8. The highest BCUT2D eigenvalue weighted by Gasteiger charge is 2.21. The van der Waals surface area contributed by atoms with Crippen molar-refractivity contribution in [3.05, 3.63) is 48.4 Å². The molecule has 6 heteroatoms. The SMILES string of the molecule is CCCC(C(=O)NCc1cccnc1N1CCN(C)CC1)n1cccc1. The van der Waals surface area contributed by atoms with Crippen molar-refractivity contribution in [2.45, 2.75) is 32.4 Å². The van der Waals surface area contributed by atoms with Gasteiger partial charge < -0.3 is 19.7 Å². The van der Waals surface area contributed by atoms with Crippen molar-refractivity contribution in [2.75, 3.05) is 38.1 Å². The molecule has 0 radical (unpaired) electrons. The molecule has 1 aliphatic heterocycles. The molecule has 2 aromatic heterocycles. The Bertz CT molecular complexity index is 692. The maximum absolute atomic E-state index is 12.8. The van der Waals surface area contributed by atoms with Crippen LogP contribution in [-0.4, -0.2) is 53.6 Å². The average molecular weight is 355 g/mol. The minimum absolute atomic E-state index is 0.0660. The lowest BCUT2D eigenvalue weighted by Gasteiger charge is -2.34. The first-order valence-corrected chi connectivity index (χ1v) is 9.46. The number of amides is 1. The van der Waals surface area contributed by atoms with Crippen LogP contribution >= 0.6 is 0 Å². The lowest BCUT2D eigenvalue weighted by atomic mass is 10.1. The van der Waals surface area contributed by atoms with Gasteiger partial charge >= 0.3 is 0 Å². The van der Waals surface area contributed by atoms with Crippen LogP contribution in [0.1, 0.15) is 31.4 Å². The van der Waals surface area contributed by atoms with Gasteiger partial charge in [0.25, 0.3) is 0 Å². The van der Waals surface area contributed by atoms with Crippen molar-refractivity contribution >= 4 is 11.7 Å². The molecule has 0 bridgehead atoms. The van der Waals surface area contributed by atoms with Crippen LogP contribution in [0.25, 0.3) is 0 Å². The summed E-state index contributed by atoms with van der Waals surface area (Å²) >= 11 is 0. The van der Waals surface area contributed by atoms with Crippen molar-refractivity contribution in [2.24, 2.45) is 0 Å². The molecule has 1 unspecified atom stereocenters. The Balaban J connectivity index is 1.66. The van der Waals surface area contributed by atoms with E-state index in [-0.39, 0.29) is 11.9 Å². The standard InChI is InChI=1S/C20H29N5O/c1-3-7-18(24-10-4-5-11-24)20(26)22-16-17-8-6-9-21-19(17)25-14-12-23(2)13-15-25/h4-6,8-11,18H,3,7,12-16H2,1-2H3,(H,22,26). The number of nitrogens with one attached hydrogen (secondary N) is 1. The van der Waals surface area contributed by atoms with E-state index in [1.807, 2.05) is 41.4 Å². The van der Waals surface area contributed by atoms with Crippen molar-refractivity contribution in [1.29, 1.82) is 0 Å². The smallest absolute Gasteiger partial charge is 0.243 e. The van der Waals surface area contributed by atoms with Crippen LogP contribution < -0.4 is 10.2 Å². The topological polar surface area (TPSA) is 53.4 Å². The largest absolute Gasteiger partial charge is 0.354 e. The Morgan fingerprint density at radius 2 is 1.92 bits per heavy atom. The van der Waals surface area contributed by atoms with Crippen LogP contribution in [0.4, 0.5) is 5.82 Å². The van der Waals surface area contributed by atoms with Crippen LogP contribution in [0.15, 0.2) is 42.9 Å².